The summed E-state index contributed by atoms with van der Waals surface area (Å²) in [6, 6.07) is 11.9. The van der Waals surface area contributed by atoms with Crippen molar-refractivity contribution in [3.05, 3.63) is 58.1 Å². The Labute approximate surface area is 157 Å². The number of aryl methyl sites for hydroxylation is 1. The average molecular weight is 374 g/mol. The predicted molar refractivity (Wildman–Crippen MR) is 99.5 cm³/mol. The number of methoxy groups -OCH3 is 2. The average Bonchev–Trinajstić information content (AvgIpc) is 2.69. The predicted octanol–water partition coefficient (Wildman–Crippen LogP) is 2.74. The maximum absolute atomic E-state index is 11.9. The normalized spacial score (nSPS) is 10.1. The van der Waals surface area contributed by atoms with Gasteiger partial charge >= 0.3 is 5.69 Å². The SMILES string of the molecule is COc1cccc(CCCNC(=O)COc2ccc([N+](=O)[O-])c(OC)c2)c1. The molecule has 144 valence electrons. The lowest BCUT2D eigenvalue weighted by atomic mass is 10.1. The van der Waals surface area contributed by atoms with E-state index in [0.717, 1.165) is 24.2 Å². The van der Waals surface area contributed by atoms with Crippen LogP contribution in [0.1, 0.15) is 12.0 Å². The summed E-state index contributed by atoms with van der Waals surface area (Å²) in [5.74, 6) is 0.946. The fourth-order valence-corrected chi connectivity index (χ4v) is 2.45. The smallest absolute Gasteiger partial charge is 0.311 e. The first-order valence-electron chi connectivity index (χ1n) is 8.38. The molecule has 27 heavy (non-hydrogen) atoms. The molecular weight excluding hydrogens is 352 g/mol. The second kappa shape index (κ2) is 10.0. The molecule has 0 bridgehead atoms. The molecule has 2 aromatic carbocycles. The van der Waals surface area contributed by atoms with Crippen molar-refractivity contribution in [2.24, 2.45) is 0 Å². The van der Waals surface area contributed by atoms with E-state index in [1.807, 2.05) is 24.3 Å². The quantitative estimate of drug-likeness (QED) is 0.390. The van der Waals surface area contributed by atoms with Crippen molar-refractivity contribution < 1.29 is 23.9 Å². The number of nitro groups is 1. The Morgan fingerprint density at radius 2 is 1.93 bits per heavy atom. The Balaban J connectivity index is 1.74. The van der Waals surface area contributed by atoms with E-state index < -0.39 is 4.92 Å². The molecule has 0 atom stereocenters. The van der Waals surface area contributed by atoms with Crippen molar-refractivity contribution in [3.63, 3.8) is 0 Å². The number of ether oxygens (including phenoxy) is 3. The highest BCUT2D eigenvalue weighted by Crippen LogP contribution is 2.30. The third-order valence-corrected chi connectivity index (χ3v) is 3.82. The summed E-state index contributed by atoms with van der Waals surface area (Å²) in [5, 5.41) is 13.6. The highest BCUT2D eigenvalue weighted by Gasteiger charge is 2.15. The molecule has 0 saturated carbocycles. The third-order valence-electron chi connectivity index (χ3n) is 3.82. The molecule has 0 saturated heterocycles. The van der Waals surface area contributed by atoms with Gasteiger partial charge in [0.2, 0.25) is 5.75 Å². The molecule has 8 heteroatoms. The van der Waals surface area contributed by atoms with E-state index in [4.69, 9.17) is 14.2 Å². The van der Waals surface area contributed by atoms with Crippen molar-refractivity contribution >= 4 is 11.6 Å². The van der Waals surface area contributed by atoms with E-state index in [2.05, 4.69) is 5.32 Å². The molecule has 0 aliphatic rings. The van der Waals surface area contributed by atoms with Crippen LogP contribution in [-0.4, -0.2) is 38.2 Å². The number of nitro benzene ring substituents is 1. The zero-order valence-electron chi connectivity index (χ0n) is 15.3. The second-order valence-electron chi connectivity index (χ2n) is 5.68. The number of nitrogens with one attached hydrogen (secondary N) is 1. The summed E-state index contributed by atoms with van der Waals surface area (Å²) in [6.07, 6.45) is 1.60. The van der Waals surface area contributed by atoms with Crippen molar-refractivity contribution in [3.8, 4) is 17.2 Å². The van der Waals surface area contributed by atoms with E-state index in [0.29, 0.717) is 12.3 Å². The van der Waals surface area contributed by atoms with Crippen LogP contribution in [0, 0.1) is 10.1 Å². The molecule has 0 fully saturated rings. The fourth-order valence-electron chi connectivity index (χ4n) is 2.45. The molecule has 2 rings (SSSR count). The number of benzene rings is 2. The Morgan fingerprint density at radius 1 is 1.11 bits per heavy atom. The lowest BCUT2D eigenvalue weighted by Crippen LogP contribution is -2.29. The molecule has 0 aromatic heterocycles. The van der Waals surface area contributed by atoms with E-state index >= 15 is 0 Å². The highest BCUT2D eigenvalue weighted by atomic mass is 16.6. The lowest BCUT2D eigenvalue weighted by molar-refractivity contribution is -0.385. The molecule has 0 spiro atoms. The van der Waals surface area contributed by atoms with Crippen LogP contribution < -0.4 is 19.5 Å². The van der Waals surface area contributed by atoms with Crippen LogP contribution in [-0.2, 0) is 11.2 Å². The second-order valence-corrected chi connectivity index (χ2v) is 5.68. The third kappa shape index (κ3) is 6.18. The van der Waals surface area contributed by atoms with Crippen molar-refractivity contribution in [1.29, 1.82) is 0 Å². The van der Waals surface area contributed by atoms with Gasteiger partial charge in [-0.15, -0.1) is 0 Å². The van der Waals surface area contributed by atoms with Crippen LogP contribution in [0.25, 0.3) is 0 Å². The van der Waals surface area contributed by atoms with E-state index in [-0.39, 0.29) is 24.0 Å². The molecule has 2 aromatic rings. The summed E-state index contributed by atoms with van der Waals surface area (Å²) >= 11 is 0. The molecule has 1 amide bonds. The van der Waals surface area contributed by atoms with E-state index in [1.54, 1.807) is 7.11 Å². The summed E-state index contributed by atoms with van der Waals surface area (Å²) in [4.78, 5) is 22.2. The van der Waals surface area contributed by atoms with Crippen LogP contribution in [0.5, 0.6) is 17.2 Å². The number of rotatable bonds is 10. The number of hydrogen-bond donors (Lipinski definition) is 1. The zero-order chi connectivity index (χ0) is 19.6. The molecule has 0 heterocycles. The van der Waals surface area contributed by atoms with Gasteiger partial charge in [-0.05, 0) is 36.6 Å². The largest absolute Gasteiger partial charge is 0.497 e. The number of amides is 1. The molecule has 0 aliphatic heterocycles. The molecule has 0 radical (unpaired) electrons. The fraction of sp³-hybridized carbons (Fsp3) is 0.316. The molecule has 0 unspecified atom stereocenters. The molecular formula is C19H22N2O6. The van der Waals surface area contributed by atoms with Gasteiger partial charge in [0, 0.05) is 18.7 Å². The summed E-state index contributed by atoms with van der Waals surface area (Å²) in [5.41, 5.74) is 0.977. The topological polar surface area (TPSA) is 99.9 Å². The minimum atomic E-state index is -0.544. The summed E-state index contributed by atoms with van der Waals surface area (Å²) in [6.45, 7) is 0.336. The van der Waals surface area contributed by atoms with Gasteiger partial charge in [0.25, 0.3) is 5.91 Å². The van der Waals surface area contributed by atoms with Crippen molar-refractivity contribution in [2.75, 3.05) is 27.4 Å². The number of carbonyl (C=O) groups is 1. The van der Waals surface area contributed by atoms with Crippen LogP contribution in [0.2, 0.25) is 0 Å². The van der Waals surface area contributed by atoms with Crippen LogP contribution in [0.4, 0.5) is 5.69 Å². The number of nitrogens with zero attached hydrogens (tertiary/aromatic N) is 1. The van der Waals surface area contributed by atoms with Crippen molar-refractivity contribution in [2.45, 2.75) is 12.8 Å². The summed E-state index contributed by atoms with van der Waals surface area (Å²) < 4.78 is 15.5. The van der Waals surface area contributed by atoms with Gasteiger partial charge in [0.15, 0.2) is 6.61 Å². The first kappa shape index (κ1) is 20.0. The maximum atomic E-state index is 11.9. The Morgan fingerprint density at radius 3 is 2.63 bits per heavy atom. The summed E-state index contributed by atoms with van der Waals surface area (Å²) in [7, 11) is 2.96. The molecule has 1 N–H and O–H groups in total. The molecule has 8 nitrogen and oxygen atoms in total. The Bertz CT molecular complexity index is 794. The van der Waals surface area contributed by atoms with Crippen LogP contribution in [0.15, 0.2) is 42.5 Å². The van der Waals surface area contributed by atoms with Gasteiger partial charge < -0.3 is 19.5 Å². The highest BCUT2D eigenvalue weighted by molar-refractivity contribution is 5.77. The lowest BCUT2D eigenvalue weighted by Gasteiger charge is -2.09. The monoisotopic (exact) mass is 374 g/mol. The van der Waals surface area contributed by atoms with E-state index in [1.165, 1.54) is 25.3 Å². The van der Waals surface area contributed by atoms with Gasteiger partial charge in [-0.1, -0.05) is 12.1 Å². The van der Waals surface area contributed by atoms with Gasteiger partial charge in [-0.25, -0.2) is 0 Å². The van der Waals surface area contributed by atoms with Crippen molar-refractivity contribution in [1.82, 2.24) is 5.32 Å². The Kier molecular flexibility index (Phi) is 7.42. The van der Waals surface area contributed by atoms with Crippen LogP contribution in [0.3, 0.4) is 0 Å². The number of hydrogen-bond acceptors (Lipinski definition) is 6. The molecule has 0 aliphatic carbocycles. The maximum Gasteiger partial charge on any atom is 0.311 e. The minimum Gasteiger partial charge on any atom is -0.497 e. The Hall–Kier alpha value is -3.29. The van der Waals surface area contributed by atoms with Gasteiger partial charge in [0.05, 0.1) is 19.1 Å². The van der Waals surface area contributed by atoms with E-state index in [9.17, 15) is 14.9 Å². The standard InChI is InChI=1S/C19H22N2O6/c1-25-15-7-3-5-14(11-15)6-4-10-20-19(22)13-27-16-8-9-17(21(23)24)18(12-16)26-2/h3,5,7-9,11-12H,4,6,10,13H2,1-2H3,(H,20,22). The van der Waals surface area contributed by atoms with Gasteiger partial charge in [-0.3, -0.25) is 14.9 Å². The first-order valence-corrected chi connectivity index (χ1v) is 8.38. The minimum absolute atomic E-state index is 0.0798. The zero-order valence-corrected chi connectivity index (χ0v) is 15.3. The first-order chi connectivity index (χ1) is 13.0. The van der Waals surface area contributed by atoms with Gasteiger partial charge in [-0.2, -0.15) is 0 Å². The number of carbonyl (C=O) groups excluding carboxylic acids is 1. The van der Waals surface area contributed by atoms with Gasteiger partial charge in [0.1, 0.15) is 11.5 Å². The van der Waals surface area contributed by atoms with Crippen LogP contribution >= 0.6 is 0 Å².